The minimum Gasteiger partial charge on any atom is -0.466 e. The van der Waals surface area contributed by atoms with E-state index >= 15 is 0 Å². The van der Waals surface area contributed by atoms with Crippen molar-refractivity contribution in [3.05, 3.63) is 0 Å². The van der Waals surface area contributed by atoms with Gasteiger partial charge < -0.3 is 15.4 Å². The van der Waals surface area contributed by atoms with E-state index in [9.17, 15) is 14.4 Å². The molecule has 0 aromatic carbocycles. The van der Waals surface area contributed by atoms with Crippen LogP contribution in [0.4, 0.5) is 0 Å². The maximum atomic E-state index is 12.0. The first kappa shape index (κ1) is 18.4. The van der Waals surface area contributed by atoms with Gasteiger partial charge in [0.05, 0.1) is 19.6 Å². The fourth-order valence-corrected chi connectivity index (χ4v) is 2.25. The Morgan fingerprint density at radius 2 is 2.09 bits per heavy atom. The van der Waals surface area contributed by atoms with E-state index in [0.29, 0.717) is 19.7 Å². The minimum atomic E-state index is -0.649. The molecule has 0 aliphatic carbocycles. The number of hydrogen-bond donors (Lipinski definition) is 2. The molecule has 0 spiro atoms. The van der Waals surface area contributed by atoms with Crippen molar-refractivity contribution < 1.29 is 19.1 Å². The van der Waals surface area contributed by atoms with Crippen LogP contribution in [0.25, 0.3) is 0 Å². The lowest BCUT2D eigenvalue weighted by molar-refractivity contribution is -0.149. The monoisotopic (exact) mass is 313 g/mol. The largest absolute Gasteiger partial charge is 0.466 e. The molecule has 7 nitrogen and oxygen atoms in total. The van der Waals surface area contributed by atoms with Crippen molar-refractivity contribution in [3.8, 4) is 0 Å². The Kier molecular flexibility index (Phi) is 6.80. The summed E-state index contributed by atoms with van der Waals surface area (Å²) in [5.41, 5.74) is -0.329. The number of piperazine rings is 1. The summed E-state index contributed by atoms with van der Waals surface area (Å²) in [4.78, 5) is 37.5. The van der Waals surface area contributed by atoms with E-state index in [1.54, 1.807) is 4.90 Å². The van der Waals surface area contributed by atoms with Gasteiger partial charge in [-0.25, -0.2) is 0 Å². The van der Waals surface area contributed by atoms with E-state index in [0.717, 1.165) is 6.42 Å². The zero-order valence-corrected chi connectivity index (χ0v) is 13.9. The number of amides is 2. The van der Waals surface area contributed by atoms with Crippen molar-refractivity contribution in [3.63, 3.8) is 0 Å². The molecule has 7 heteroatoms. The Morgan fingerprint density at radius 3 is 2.68 bits per heavy atom. The summed E-state index contributed by atoms with van der Waals surface area (Å²) in [6, 6.07) is -0.649. The average molecular weight is 313 g/mol. The van der Waals surface area contributed by atoms with Gasteiger partial charge in [0.1, 0.15) is 6.04 Å². The SMILES string of the molecule is CCCOC(=O)CC1C(=O)NCCN1CC(=O)NC(C)(C)C. The van der Waals surface area contributed by atoms with Crippen LogP contribution in [0.2, 0.25) is 0 Å². The maximum absolute atomic E-state index is 12.0. The Hall–Kier alpha value is -1.63. The molecule has 0 aromatic rings. The maximum Gasteiger partial charge on any atom is 0.307 e. The molecule has 0 bridgehead atoms. The summed E-state index contributed by atoms with van der Waals surface area (Å²) in [5.74, 6) is -0.803. The fourth-order valence-electron chi connectivity index (χ4n) is 2.25. The Bertz CT molecular complexity index is 418. The van der Waals surface area contributed by atoms with Gasteiger partial charge in [-0.1, -0.05) is 6.92 Å². The van der Waals surface area contributed by atoms with Crippen molar-refractivity contribution >= 4 is 17.8 Å². The lowest BCUT2D eigenvalue weighted by Crippen LogP contribution is -2.58. The van der Waals surface area contributed by atoms with Crippen molar-refractivity contribution in [2.24, 2.45) is 0 Å². The molecule has 1 fully saturated rings. The van der Waals surface area contributed by atoms with Crippen molar-refractivity contribution in [1.29, 1.82) is 0 Å². The number of nitrogens with zero attached hydrogens (tertiary/aromatic N) is 1. The second kappa shape index (κ2) is 8.12. The standard InChI is InChI=1S/C15H27N3O4/c1-5-8-22-13(20)9-11-14(21)16-6-7-18(11)10-12(19)17-15(2,3)4/h11H,5-10H2,1-4H3,(H,16,21)(H,17,19). The van der Waals surface area contributed by atoms with E-state index in [4.69, 9.17) is 4.74 Å². The molecule has 1 unspecified atom stereocenters. The van der Waals surface area contributed by atoms with Crippen LogP contribution in [-0.2, 0) is 19.1 Å². The molecule has 2 N–H and O–H groups in total. The Balaban J connectivity index is 2.63. The predicted octanol–water partition coefficient (Wildman–Crippen LogP) is 0.0448. The van der Waals surface area contributed by atoms with Crippen LogP contribution in [0.3, 0.4) is 0 Å². The second-order valence-electron chi connectivity index (χ2n) is 6.50. The first-order valence-corrected chi connectivity index (χ1v) is 7.71. The number of ether oxygens (including phenoxy) is 1. The van der Waals surface area contributed by atoms with Crippen LogP contribution in [0.15, 0.2) is 0 Å². The highest BCUT2D eigenvalue weighted by Crippen LogP contribution is 2.10. The van der Waals surface area contributed by atoms with Crippen LogP contribution in [-0.4, -0.2) is 60.5 Å². The van der Waals surface area contributed by atoms with Crippen LogP contribution in [0.5, 0.6) is 0 Å². The lowest BCUT2D eigenvalue weighted by atomic mass is 10.1. The number of rotatable bonds is 6. The molecule has 1 saturated heterocycles. The topological polar surface area (TPSA) is 87.7 Å². The number of carbonyl (C=O) groups is 3. The lowest BCUT2D eigenvalue weighted by Gasteiger charge is -2.34. The van der Waals surface area contributed by atoms with Gasteiger partial charge in [0.25, 0.3) is 0 Å². The summed E-state index contributed by atoms with van der Waals surface area (Å²) >= 11 is 0. The number of esters is 1. The molecular formula is C15H27N3O4. The third-order valence-electron chi connectivity index (χ3n) is 3.13. The van der Waals surface area contributed by atoms with Gasteiger partial charge in [0, 0.05) is 18.6 Å². The molecule has 0 radical (unpaired) electrons. The zero-order chi connectivity index (χ0) is 16.8. The van der Waals surface area contributed by atoms with E-state index in [-0.39, 0.29) is 30.3 Å². The van der Waals surface area contributed by atoms with Gasteiger partial charge in [-0.3, -0.25) is 19.3 Å². The third-order valence-corrected chi connectivity index (χ3v) is 3.13. The quantitative estimate of drug-likeness (QED) is 0.676. The van der Waals surface area contributed by atoms with Crippen molar-refractivity contribution in [2.45, 2.75) is 52.1 Å². The molecule has 1 aliphatic heterocycles. The van der Waals surface area contributed by atoms with Gasteiger partial charge in [-0.15, -0.1) is 0 Å². The smallest absolute Gasteiger partial charge is 0.307 e. The second-order valence-corrected chi connectivity index (χ2v) is 6.50. The zero-order valence-electron chi connectivity index (χ0n) is 13.9. The first-order chi connectivity index (χ1) is 10.2. The van der Waals surface area contributed by atoms with Crippen LogP contribution < -0.4 is 10.6 Å². The van der Waals surface area contributed by atoms with Crippen LogP contribution in [0, 0.1) is 0 Å². The molecule has 0 aromatic heterocycles. The van der Waals surface area contributed by atoms with E-state index in [1.807, 2.05) is 27.7 Å². The molecule has 2 amide bonds. The average Bonchev–Trinajstić information content (AvgIpc) is 2.38. The fraction of sp³-hybridized carbons (Fsp3) is 0.800. The molecule has 1 atom stereocenters. The molecule has 126 valence electrons. The van der Waals surface area contributed by atoms with Crippen molar-refractivity contribution in [1.82, 2.24) is 15.5 Å². The number of hydrogen-bond acceptors (Lipinski definition) is 5. The van der Waals surface area contributed by atoms with Crippen LogP contribution in [0.1, 0.15) is 40.5 Å². The summed E-state index contributed by atoms with van der Waals surface area (Å²) in [5, 5.41) is 5.59. The Labute approximate surface area is 131 Å². The van der Waals surface area contributed by atoms with Gasteiger partial charge in [0.15, 0.2) is 0 Å². The normalized spacial score (nSPS) is 19.5. The highest BCUT2D eigenvalue weighted by Gasteiger charge is 2.33. The molecule has 1 rings (SSSR count). The summed E-state index contributed by atoms with van der Waals surface area (Å²) < 4.78 is 5.03. The van der Waals surface area contributed by atoms with Gasteiger partial charge in [-0.2, -0.15) is 0 Å². The molecule has 1 aliphatic rings. The summed E-state index contributed by atoms with van der Waals surface area (Å²) in [7, 11) is 0. The predicted molar refractivity (Wildman–Crippen MR) is 82.1 cm³/mol. The molecule has 1 heterocycles. The third kappa shape index (κ3) is 6.43. The van der Waals surface area contributed by atoms with Gasteiger partial charge in [-0.05, 0) is 27.2 Å². The van der Waals surface area contributed by atoms with Crippen molar-refractivity contribution in [2.75, 3.05) is 26.2 Å². The van der Waals surface area contributed by atoms with Gasteiger partial charge >= 0.3 is 5.97 Å². The Morgan fingerprint density at radius 1 is 1.41 bits per heavy atom. The number of nitrogens with one attached hydrogen (secondary N) is 2. The highest BCUT2D eigenvalue weighted by atomic mass is 16.5. The molecular weight excluding hydrogens is 286 g/mol. The first-order valence-electron chi connectivity index (χ1n) is 7.71. The van der Waals surface area contributed by atoms with Crippen LogP contribution >= 0.6 is 0 Å². The minimum absolute atomic E-state index is 0.0331. The van der Waals surface area contributed by atoms with E-state index in [2.05, 4.69) is 10.6 Å². The van der Waals surface area contributed by atoms with Gasteiger partial charge in [0.2, 0.25) is 11.8 Å². The van der Waals surface area contributed by atoms with E-state index < -0.39 is 12.0 Å². The summed E-state index contributed by atoms with van der Waals surface area (Å²) in [6.07, 6.45) is 0.703. The van der Waals surface area contributed by atoms with E-state index in [1.165, 1.54) is 0 Å². The summed E-state index contributed by atoms with van der Waals surface area (Å²) in [6.45, 7) is 9.04. The molecule has 22 heavy (non-hydrogen) atoms. The number of carbonyl (C=O) groups excluding carboxylic acids is 3. The molecule has 0 saturated carbocycles. The highest BCUT2D eigenvalue weighted by molar-refractivity contribution is 5.88.